The summed E-state index contributed by atoms with van der Waals surface area (Å²) >= 11 is 0. The van der Waals surface area contributed by atoms with Gasteiger partial charge < -0.3 is 11.5 Å². The minimum atomic E-state index is -0.412. The molecule has 0 saturated carbocycles. The lowest BCUT2D eigenvalue weighted by molar-refractivity contribution is 1.08. The standard InChI is InChI=1S/C10H9N3O.C4H5N3O/c11-10-12-8(6-9(14)13-10)7-4-2-1-3-5-7;5-3-1-2-6-4(8)7-3/h1-6H,(H3,11,12,13,14);1-2H,(H3,5,6,7,8). The molecule has 0 saturated heterocycles. The number of rotatable bonds is 1. The number of anilines is 2. The number of aromatic amines is 2. The van der Waals surface area contributed by atoms with Crippen molar-refractivity contribution in [1.82, 2.24) is 19.9 Å². The monoisotopic (exact) mass is 298 g/mol. The molecule has 3 rings (SSSR count). The Labute approximate surface area is 124 Å². The molecule has 0 aliphatic rings. The minimum absolute atomic E-state index is 0.136. The highest BCUT2D eigenvalue weighted by molar-refractivity contribution is 5.59. The van der Waals surface area contributed by atoms with Crippen molar-refractivity contribution < 1.29 is 0 Å². The van der Waals surface area contributed by atoms with E-state index in [0.717, 1.165) is 5.56 Å². The van der Waals surface area contributed by atoms with Gasteiger partial charge in [0.1, 0.15) is 5.82 Å². The zero-order valence-electron chi connectivity index (χ0n) is 11.5. The molecule has 0 amide bonds. The molecule has 8 nitrogen and oxygen atoms in total. The van der Waals surface area contributed by atoms with Crippen LogP contribution in [0, 0.1) is 0 Å². The molecule has 0 aliphatic carbocycles. The van der Waals surface area contributed by atoms with Crippen LogP contribution in [0.4, 0.5) is 11.8 Å². The van der Waals surface area contributed by atoms with E-state index in [1.165, 1.54) is 18.3 Å². The molecule has 0 spiro atoms. The molecule has 3 aromatic rings. The van der Waals surface area contributed by atoms with E-state index in [-0.39, 0.29) is 11.5 Å². The number of hydrogen-bond donors (Lipinski definition) is 4. The number of nitrogen functional groups attached to an aromatic ring is 2. The fourth-order valence-electron chi connectivity index (χ4n) is 1.62. The van der Waals surface area contributed by atoms with E-state index in [1.807, 2.05) is 30.3 Å². The molecule has 1 aromatic carbocycles. The van der Waals surface area contributed by atoms with Crippen molar-refractivity contribution >= 4 is 11.8 Å². The molecule has 0 unspecified atom stereocenters. The summed E-state index contributed by atoms with van der Waals surface area (Å²) in [6.07, 6.45) is 1.36. The molecule has 0 atom stereocenters. The van der Waals surface area contributed by atoms with Gasteiger partial charge >= 0.3 is 5.69 Å². The van der Waals surface area contributed by atoms with Crippen LogP contribution < -0.4 is 22.7 Å². The second kappa shape index (κ2) is 6.84. The molecule has 0 aliphatic heterocycles. The van der Waals surface area contributed by atoms with Crippen LogP contribution in [-0.4, -0.2) is 19.9 Å². The molecule has 22 heavy (non-hydrogen) atoms. The SMILES string of the molecule is Nc1ccnc(=O)[nH]1.Nc1nc(-c2ccccc2)cc(=O)[nH]1. The van der Waals surface area contributed by atoms with E-state index in [9.17, 15) is 9.59 Å². The molecule has 0 bridgehead atoms. The number of hydrogen-bond acceptors (Lipinski definition) is 6. The first-order chi connectivity index (χ1) is 10.5. The smallest absolute Gasteiger partial charge is 0.346 e. The van der Waals surface area contributed by atoms with E-state index in [1.54, 1.807) is 0 Å². The van der Waals surface area contributed by atoms with Gasteiger partial charge in [0.15, 0.2) is 0 Å². The number of nitrogens with one attached hydrogen (secondary N) is 2. The summed E-state index contributed by atoms with van der Waals surface area (Å²) in [6.45, 7) is 0. The molecular weight excluding hydrogens is 284 g/mol. The van der Waals surface area contributed by atoms with Crippen LogP contribution in [0.25, 0.3) is 11.3 Å². The summed E-state index contributed by atoms with van der Waals surface area (Å²) < 4.78 is 0. The van der Waals surface area contributed by atoms with Gasteiger partial charge in [-0.05, 0) is 6.07 Å². The number of H-pyrrole nitrogens is 2. The molecule has 2 aromatic heterocycles. The highest BCUT2D eigenvalue weighted by atomic mass is 16.1. The lowest BCUT2D eigenvalue weighted by Crippen LogP contribution is -2.10. The third kappa shape index (κ3) is 4.30. The third-order valence-electron chi connectivity index (χ3n) is 2.53. The Bertz CT molecular complexity index is 857. The van der Waals surface area contributed by atoms with Crippen molar-refractivity contribution in [3.8, 4) is 11.3 Å². The first kappa shape index (κ1) is 15.0. The van der Waals surface area contributed by atoms with Crippen molar-refractivity contribution in [2.45, 2.75) is 0 Å². The fourth-order valence-corrected chi connectivity index (χ4v) is 1.62. The normalized spacial score (nSPS) is 9.64. The maximum Gasteiger partial charge on any atom is 0.346 e. The Morgan fingerprint density at radius 2 is 1.68 bits per heavy atom. The summed E-state index contributed by atoms with van der Waals surface area (Å²) in [5.74, 6) is 0.473. The number of aromatic nitrogens is 4. The fraction of sp³-hybridized carbons (Fsp3) is 0. The van der Waals surface area contributed by atoms with E-state index in [4.69, 9.17) is 11.5 Å². The number of nitrogens with two attached hydrogens (primary N) is 2. The Hall–Kier alpha value is -3.42. The summed E-state index contributed by atoms with van der Waals surface area (Å²) in [5, 5.41) is 0. The predicted molar refractivity (Wildman–Crippen MR) is 84.0 cm³/mol. The maximum absolute atomic E-state index is 11.1. The van der Waals surface area contributed by atoms with Crippen LogP contribution in [0.1, 0.15) is 0 Å². The lowest BCUT2D eigenvalue weighted by atomic mass is 10.1. The second-order valence-corrected chi connectivity index (χ2v) is 4.21. The van der Waals surface area contributed by atoms with Crippen LogP contribution in [0.2, 0.25) is 0 Å². The number of nitrogens with zero attached hydrogens (tertiary/aromatic N) is 2. The highest BCUT2D eigenvalue weighted by Crippen LogP contribution is 2.14. The van der Waals surface area contributed by atoms with Crippen LogP contribution in [0.3, 0.4) is 0 Å². The molecule has 0 radical (unpaired) electrons. The topological polar surface area (TPSA) is 144 Å². The van der Waals surface area contributed by atoms with Crippen LogP contribution in [0.15, 0.2) is 58.3 Å². The van der Waals surface area contributed by atoms with E-state index < -0.39 is 5.69 Å². The van der Waals surface area contributed by atoms with Gasteiger partial charge in [0.25, 0.3) is 5.56 Å². The Morgan fingerprint density at radius 1 is 0.955 bits per heavy atom. The molecule has 112 valence electrons. The van der Waals surface area contributed by atoms with E-state index >= 15 is 0 Å². The quantitative estimate of drug-likeness (QED) is 0.511. The van der Waals surface area contributed by atoms with Gasteiger partial charge in [0, 0.05) is 17.8 Å². The van der Waals surface area contributed by atoms with Crippen molar-refractivity contribution in [3.63, 3.8) is 0 Å². The van der Waals surface area contributed by atoms with Crippen molar-refractivity contribution in [1.29, 1.82) is 0 Å². The summed E-state index contributed by atoms with van der Waals surface area (Å²) in [5.41, 5.74) is 11.4. The molecule has 2 heterocycles. The molecular formula is C14H14N6O2. The van der Waals surface area contributed by atoms with Gasteiger partial charge in [0.05, 0.1) is 5.69 Å². The second-order valence-electron chi connectivity index (χ2n) is 4.21. The maximum atomic E-state index is 11.1. The first-order valence-corrected chi connectivity index (χ1v) is 6.27. The molecule has 6 N–H and O–H groups in total. The summed E-state index contributed by atoms with van der Waals surface area (Å²) in [4.78, 5) is 33.4. The van der Waals surface area contributed by atoms with Gasteiger partial charge in [0.2, 0.25) is 5.95 Å². The van der Waals surface area contributed by atoms with Crippen molar-refractivity contribution in [2.24, 2.45) is 0 Å². The lowest BCUT2D eigenvalue weighted by Gasteiger charge is -1.99. The van der Waals surface area contributed by atoms with Gasteiger partial charge in [-0.1, -0.05) is 30.3 Å². The van der Waals surface area contributed by atoms with E-state index in [0.29, 0.717) is 11.5 Å². The zero-order valence-corrected chi connectivity index (χ0v) is 11.5. The van der Waals surface area contributed by atoms with E-state index in [2.05, 4.69) is 19.9 Å². The van der Waals surface area contributed by atoms with Crippen LogP contribution in [-0.2, 0) is 0 Å². The van der Waals surface area contributed by atoms with Crippen LogP contribution >= 0.6 is 0 Å². The predicted octanol–water partition coefficient (Wildman–Crippen LogP) is 0.371. The molecule has 8 heteroatoms. The van der Waals surface area contributed by atoms with Crippen LogP contribution in [0.5, 0.6) is 0 Å². The van der Waals surface area contributed by atoms with Gasteiger partial charge in [-0.3, -0.25) is 14.8 Å². The average Bonchev–Trinajstić information content (AvgIpc) is 2.47. The van der Waals surface area contributed by atoms with Crippen molar-refractivity contribution in [3.05, 3.63) is 69.5 Å². The summed E-state index contributed by atoms with van der Waals surface area (Å²) in [6, 6.07) is 12.4. The summed E-state index contributed by atoms with van der Waals surface area (Å²) in [7, 11) is 0. The average molecular weight is 298 g/mol. The largest absolute Gasteiger partial charge is 0.385 e. The van der Waals surface area contributed by atoms with Gasteiger partial charge in [-0.25, -0.2) is 14.8 Å². The highest BCUT2D eigenvalue weighted by Gasteiger charge is 2.00. The van der Waals surface area contributed by atoms with Gasteiger partial charge in [-0.15, -0.1) is 0 Å². The Morgan fingerprint density at radius 3 is 2.23 bits per heavy atom. The minimum Gasteiger partial charge on any atom is -0.385 e. The third-order valence-corrected chi connectivity index (χ3v) is 2.53. The van der Waals surface area contributed by atoms with Gasteiger partial charge in [-0.2, -0.15) is 0 Å². The zero-order chi connectivity index (χ0) is 15.9. The van der Waals surface area contributed by atoms with Crippen molar-refractivity contribution in [2.75, 3.05) is 11.5 Å². The molecule has 0 fully saturated rings. The first-order valence-electron chi connectivity index (χ1n) is 6.27. The Kier molecular flexibility index (Phi) is 4.66. The Balaban J connectivity index is 0.000000188. The number of benzene rings is 1.